The van der Waals surface area contributed by atoms with E-state index in [1.807, 2.05) is 13.8 Å². The summed E-state index contributed by atoms with van der Waals surface area (Å²) >= 11 is 5.86. The van der Waals surface area contributed by atoms with E-state index < -0.39 is 10.0 Å². The molecule has 1 aromatic carbocycles. The van der Waals surface area contributed by atoms with Crippen LogP contribution in [0.4, 0.5) is 0 Å². The molecule has 7 heteroatoms. The number of hydrogen-bond acceptors (Lipinski definition) is 4. The first-order valence-electron chi connectivity index (χ1n) is 7.47. The number of rotatable bonds is 6. The second-order valence-electron chi connectivity index (χ2n) is 5.57. The number of halogens is 1. The largest absolute Gasteiger partial charge is 0.379 e. The number of aliphatic imine (C=N–C) groups is 1. The van der Waals surface area contributed by atoms with Crippen LogP contribution in [0.1, 0.15) is 32.8 Å². The molecule has 5 nitrogen and oxygen atoms in total. The maximum atomic E-state index is 12.3. The minimum atomic E-state index is -3.58. The van der Waals surface area contributed by atoms with Gasteiger partial charge in [0.2, 0.25) is 0 Å². The Morgan fingerprint density at radius 3 is 2.52 bits per heavy atom. The Balaban J connectivity index is 2.17. The second kappa shape index (κ2) is 7.47. The molecule has 23 heavy (non-hydrogen) atoms. The maximum absolute atomic E-state index is 12.3. The normalized spacial score (nSPS) is 18.7. The van der Waals surface area contributed by atoms with E-state index in [2.05, 4.69) is 9.71 Å². The van der Waals surface area contributed by atoms with Crippen LogP contribution in [-0.4, -0.2) is 33.5 Å². The Kier molecular flexibility index (Phi) is 5.84. The molecule has 0 atom stereocenters. The molecular weight excluding hydrogens is 336 g/mol. The fourth-order valence-electron chi connectivity index (χ4n) is 2.26. The van der Waals surface area contributed by atoms with Gasteiger partial charge in [0.05, 0.1) is 6.10 Å². The van der Waals surface area contributed by atoms with Gasteiger partial charge < -0.3 is 4.74 Å². The maximum Gasteiger partial charge on any atom is 0.264 e. The van der Waals surface area contributed by atoms with Crippen molar-refractivity contribution >= 4 is 32.4 Å². The van der Waals surface area contributed by atoms with Crippen LogP contribution in [0.2, 0.25) is 5.02 Å². The second-order valence-corrected chi connectivity index (χ2v) is 7.63. The molecule has 0 fully saturated rings. The first-order valence-corrected chi connectivity index (χ1v) is 9.33. The Morgan fingerprint density at radius 2 is 1.91 bits per heavy atom. The van der Waals surface area contributed by atoms with Gasteiger partial charge in [0.15, 0.2) is 0 Å². The van der Waals surface area contributed by atoms with E-state index in [0.717, 1.165) is 6.42 Å². The van der Waals surface area contributed by atoms with Crippen molar-refractivity contribution in [3.8, 4) is 0 Å². The molecule has 1 N–H and O–H groups in total. The summed E-state index contributed by atoms with van der Waals surface area (Å²) in [6.07, 6.45) is 0.929. The van der Waals surface area contributed by atoms with Crippen LogP contribution in [-0.2, 0) is 14.8 Å². The number of benzene rings is 1. The molecule has 1 aliphatic heterocycles. The first-order chi connectivity index (χ1) is 10.8. The fourth-order valence-corrected chi connectivity index (χ4v) is 3.91. The van der Waals surface area contributed by atoms with Crippen LogP contribution in [0, 0.1) is 0 Å². The predicted octanol–water partition coefficient (Wildman–Crippen LogP) is 3.22. The van der Waals surface area contributed by atoms with Crippen LogP contribution in [0.3, 0.4) is 0 Å². The van der Waals surface area contributed by atoms with Gasteiger partial charge in [-0.15, -0.1) is 0 Å². The summed E-state index contributed by atoms with van der Waals surface area (Å²) in [6.45, 7) is 6.82. The molecule has 1 aliphatic rings. The summed E-state index contributed by atoms with van der Waals surface area (Å²) in [4.78, 5) is 4.61. The quantitative estimate of drug-likeness (QED) is 0.796. The van der Waals surface area contributed by atoms with Gasteiger partial charge in [0.1, 0.15) is 10.7 Å². The standard InChI is InChI=1S/C16H21ClN2O3S/c1-11(2)22-10-4-9-18-16-12(3)15(23(20,21)19-16)13-5-7-14(17)8-6-13/h5-8,11H,4,9-10H2,1-3H3,(H,18,19). The molecule has 0 bridgehead atoms. The highest BCUT2D eigenvalue weighted by Crippen LogP contribution is 2.30. The van der Waals surface area contributed by atoms with Gasteiger partial charge in [-0.05, 0) is 44.9 Å². The molecule has 0 spiro atoms. The molecule has 1 heterocycles. The number of nitrogens with one attached hydrogen (secondary N) is 1. The highest BCUT2D eigenvalue weighted by molar-refractivity contribution is 8.00. The van der Waals surface area contributed by atoms with E-state index in [9.17, 15) is 8.42 Å². The first kappa shape index (κ1) is 18.0. The molecule has 1 aromatic rings. The highest BCUT2D eigenvalue weighted by Gasteiger charge is 2.32. The van der Waals surface area contributed by atoms with Gasteiger partial charge in [-0.1, -0.05) is 23.7 Å². The Hall–Kier alpha value is -1.37. The summed E-state index contributed by atoms with van der Waals surface area (Å²) in [7, 11) is -3.58. The van der Waals surface area contributed by atoms with Crippen molar-refractivity contribution in [2.45, 2.75) is 33.3 Å². The lowest BCUT2D eigenvalue weighted by atomic mass is 10.1. The fraction of sp³-hybridized carbons (Fsp3) is 0.438. The van der Waals surface area contributed by atoms with Crippen molar-refractivity contribution in [1.82, 2.24) is 4.72 Å². The molecule has 0 aliphatic carbocycles. The summed E-state index contributed by atoms with van der Waals surface area (Å²) in [5.41, 5.74) is 1.23. The Bertz CT molecular complexity index is 722. The monoisotopic (exact) mass is 356 g/mol. The third-order valence-corrected chi connectivity index (χ3v) is 5.12. The summed E-state index contributed by atoms with van der Waals surface area (Å²) < 4.78 is 32.6. The average molecular weight is 357 g/mol. The van der Waals surface area contributed by atoms with Crippen LogP contribution < -0.4 is 4.72 Å². The van der Waals surface area contributed by atoms with Crippen molar-refractivity contribution < 1.29 is 13.2 Å². The Morgan fingerprint density at radius 1 is 1.26 bits per heavy atom. The average Bonchev–Trinajstić information content (AvgIpc) is 2.69. The van der Waals surface area contributed by atoms with E-state index >= 15 is 0 Å². The zero-order chi connectivity index (χ0) is 17.0. The summed E-state index contributed by atoms with van der Waals surface area (Å²) in [6, 6.07) is 6.73. The molecular formula is C16H21ClN2O3S. The number of sulfonamides is 1. The molecule has 0 saturated carbocycles. The highest BCUT2D eigenvalue weighted by atomic mass is 35.5. The molecule has 0 radical (unpaired) electrons. The summed E-state index contributed by atoms with van der Waals surface area (Å²) in [5, 5.41) is 0.564. The zero-order valence-corrected chi connectivity index (χ0v) is 15.0. The van der Waals surface area contributed by atoms with Crippen LogP contribution in [0.15, 0.2) is 34.8 Å². The topological polar surface area (TPSA) is 67.8 Å². The molecule has 2 rings (SSSR count). The molecule has 0 amide bonds. The van der Waals surface area contributed by atoms with Crippen LogP contribution in [0.25, 0.3) is 4.91 Å². The molecule has 126 valence electrons. The van der Waals surface area contributed by atoms with Crippen molar-refractivity contribution in [1.29, 1.82) is 0 Å². The third kappa shape index (κ3) is 4.56. The number of ether oxygens (including phenoxy) is 1. The van der Waals surface area contributed by atoms with E-state index in [0.29, 0.717) is 35.1 Å². The van der Waals surface area contributed by atoms with Gasteiger partial charge in [0, 0.05) is 23.7 Å². The molecule has 0 saturated heterocycles. The van der Waals surface area contributed by atoms with Crippen molar-refractivity contribution in [3.05, 3.63) is 40.4 Å². The zero-order valence-electron chi connectivity index (χ0n) is 13.5. The van der Waals surface area contributed by atoms with Gasteiger partial charge in [0.25, 0.3) is 10.0 Å². The van der Waals surface area contributed by atoms with Crippen LogP contribution in [0.5, 0.6) is 0 Å². The van der Waals surface area contributed by atoms with Gasteiger partial charge in [-0.3, -0.25) is 9.71 Å². The van der Waals surface area contributed by atoms with E-state index in [-0.39, 0.29) is 11.0 Å². The predicted molar refractivity (Wildman–Crippen MR) is 94.1 cm³/mol. The van der Waals surface area contributed by atoms with Gasteiger partial charge in [-0.2, -0.15) is 0 Å². The van der Waals surface area contributed by atoms with Crippen molar-refractivity contribution in [2.24, 2.45) is 4.99 Å². The van der Waals surface area contributed by atoms with Crippen molar-refractivity contribution in [3.63, 3.8) is 0 Å². The number of hydrogen-bond donors (Lipinski definition) is 1. The SMILES string of the molecule is CC1=C(c2ccc(Cl)cc2)S(=O)(=O)NC1=NCCCOC(C)C. The number of nitrogens with zero attached hydrogens (tertiary/aromatic N) is 1. The van der Waals surface area contributed by atoms with Gasteiger partial charge >= 0.3 is 0 Å². The minimum absolute atomic E-state index is 0.186. The minimum Gasteiger partial charge on any atom is -0.379 e. The lowest BCUT2D eigenvalue weighted by Gasteiger charge is -2.05. The van der Waals surface area contributed by atoms with Crippen molar-refractivity contribution in [2.75, 3.05) is 13.2 Å². The smallest absolute Gasteiger partial charge is 0.264 e. The van der Waals surface area contributed by atoms with E-state index in [1.54, 1.807) is 31.2 Å². The Labute approximate surface area is 142 Å². The van der Waals surface area contributed by atoms with Crippen LogP contribution >= 0.6 is 11.6 Å². The van der Waals surface area contributed by atoms with Gasteiger partial charge in [-0.25, -0.2) is 8.42 Å². The lowest BCUT2D eigenvalue weighted by molar-refractivity contribution is 0.0783. The summed E-state index contributed by atoms with van der Waals surface area (Å²) in [5.74, 6) is 0.402. The van der Waals surface area contributed by atoms with E-state index in [1.165, 1.54) is 0 Å². The lowest BCUT2D eigenvalue weighted by Crippen LogP contribution is -2.24. The molecule has 0 aromatic heterocycles. The third-order valence-electron chi connectivity index (χ3n) is 3.33. The number of amidine groups is 1. The van der Waals surface area contributed by atoms with E-state index in [4.69, 9.17) is 16.3 Å². The molecule has 0 unspecified atom stereocenters.